The fourth-order valence-corrected chi connectivity index (χ4v) is 4.37. The first-order valence-corrected chi connectivity index (χ1v) is 12.8. The Kier molecular flexibility index (Phi) is 10.4. The molecule has 0 saturated carbocycles. The van der Waals surface area contributed by atoms with Crippen molar-refractivity contribution in [3.8, 4) is 17.2 Å². The van der Waals surface area contributed by atoms with Gasteiger partial charge >= 0.3 is 6.16 Å². The molecule has 3 aliphatic rings. The van der Waals surface area contributed by atoms with Crippen molar-refractivity contribution in [2.24, 2.45) is 0 Å². The maximum atomic E-state index is 12.7. The average Bonchev–Trinajstić information content (AvgIpc) is 2.96. The van der Waals surface area contributed by atoms with Crippen LogP contribution >= 0.6 is 0 Å². The number of aliphatic hydroxyl groups is 5. The SMILES string of the molecule is COC(=O)Oc1cc(C(C)=O)c(C(C)=O)c2oc3c(C(C)=O)c(=O)c(C(C)=O)cc-3nc12.OC[C@H]1O[C@H](O)[C@H](O)[C@@H](O)[C@H]1O. The van der Waals surface area contributed by atoms with Crippen LogP contribution in [0.1, 0.15) is 69.1 Å². The zero-order chi connectivity index (χ0) is 33.2. The maximum absolute atomic E-state index is 12.7. The van der Waals surface area contributed by atoms with Gasteiger partial charge in [-0.2, -0.15) is 0 Å². The summed E-state index contributed by atoms with van der Waals surface area (Å²) in [7, 11) is 1.07. The number of rotatable bonds is 6. The molecule has 0 amide bonds. The van der Waals surface area contributed by atoms with Gasteiger partial charge in [-0.05, 0) is 39.8 Å². The lowest BCUT2D eigenvalue weighted by Gasteiger charge is -2.37. The van der Waals surface area contributed by atoms with Gasteiger partial charge in [0.15, 0.2) is 52.0 Å². The zero-order valence-corrected chi connectivity index (χ0v) is 24.0. The summed E-state index contributed by atoms with van der Waals surface area (Å²) in [6.07, 6.45) is -8.16. The topological polar surface area (TPSA) is 257 Å². The van der Waals surface area contributed by atoms with Gasteiger partial charge in [-0.1, -0.05) is 0 Å². The fourth-order valence-electron chi connectivity index (χ4n) is 4.37. The van der Waals surface area contributed by atoms with Crippen molar-refractivity contribution in [3.63, 3.8) is 0 Å². The molecule has 0 spiro atoms. The summed E-state index contributed by atoms with van der Waals surface area (Å²) in [4.78, 5) is 77.5. The molecule has 0 bridgehead atoms. The monoisotopic (exact) mass is 619 g/mol. The Balaban J connectivity index is 0.000000369. The van der Waals surface area contributed by atoms with Crippen molar-refractivity contribution in [2.45, 2.75) is 58.4 Å². The summed E-state index contributed by atoms with van der Waals surface area (Å²) in [5, 5.41) is 44.7. The maximum Gasteiger partial charge on any atom is 0.513 e. The molecule has 0 radical (unpaired) electrons. The second kappa shape index (κ2) is 13.5. The summed E-state index contributed by atoms with van der Waals surface area (Å²) < 4.78 is 19.9. The summed E-state index contributed by atoms with van der Waals surface area (Å²) in [6, 6.07) is 2.29. The fraction of sp³-hybridized carbons (Fsp3) is 0.393. The molecule has 4 rings (SSSR count). The first-order chi connectivity index (χ1) is 20.5. The van der Waals surface area contributed by atoms with Crippen LogP contribution < -0.4 is 10.2 Å². The van der Waals surface area contributed by atoms with Crippen LogP contribution in [0.5, 0.6) is 5.75 Å². The standard InChI is InChI=1S/C22H17NO9.C6H12O6/c1-8(24)12-7-15(31-22(29)30-5)18-21(16(12)10(3)26)32-20-14(23-18)6-13(9(2)25)19(28)17(20)11(4)27;7-1-2-3(8)4(9)5(10)6(11)12-2/h6-7H,1-5H3;2-11H,1H2/t;2-,3+,4+,5-,6+/m.1/s1. The van der Waals surface area contributed by atoms with E-state index in [2.05, 4.69) is 14.5 Å². The van der Waals surface area contributed by atoms with E-state index in [1.807, 2.05) is 0 Å². The second-order valence-corrected chi connectivity index (χ2v) is 9.67. The van der Waals surface area contributed by atoms with Gasteiger partial charge in [0.2, 0.25) is 5.43 Å². The minimum Gasteiger partial charge on any atom is -0.451 e. The predicted octanol–water partition coefficient (Wildman–Crippen LogP) is 0.0270. The highest BCUT2D eigenvalue weighted by atomic mass is 16.7. The molecule has 16 nitrogen and oxygen atoms in total. The third-order valence-electron chi connectivity index (χ3n) is 6.56. The molecule has 0 aromatic heterocycles. The number of ether oxygens (including phenoxy) is 3. The van der Waals surface area contributed by atoms with Gasteiger partial charge in [-0.25, -0.2) is 9.78 Å². The number of carbonyl (C=O) groups excluding carboxylic acids is 5. The third-order valence-corrected chi connectivity index (χ3v) is 6.56. The van der Waals surface area contributed by atoms with E-state index in [0.29, 0.717) is 0 Å². The lowest BCUT2D eigenvalue weighted by atomic mass is 9.97. The van der Waals surface area contributed by atoms with Crippen LogP contribution in [0, 0.1) is 0 Å². The van der Waals surface area contributed by atoms with Crippen molar-refractivity contribution >= 4 is 40.4 Å². The molecular weight excluding hydrogens is 590 g/mol. The molecule has 2 aliphatic heterocycles. The molecule has 5 N–H and O–H groups in total. The molecule has 1 aromatic carbocycles. The quantitative estimate of drug-likeness (QED) is 0.105. The molecule has 44 heavy (non-hydrogen) atoms. The number of benzene rings is 2. The minimum absolute atomic E-state index is 0.0627. The smallest absolute Gasteiger partial charge is 0.451 e. The highest BCUT2D eigenvalue weighted by Crippen LogP contribution is 2.37. The number of nitrogens with zero attached hydrogens (tertiary/aromatic N) is 1. The van der Waals surface area contributed by atoms with Crippen LogP contribution in [-0.4, -0.2) is 104 Å². The number of aliphatic hydroxyl groups excluding tert-OH is 5. The number of hydrogen-bond acceptors (Lipinski definition) is 16. The Morgan fingerprint density at radius 1 is 0.841 bits per heavy atom. The molecule has 0 unspecified atom stereocenters. The van der Waals surface area contributed by atoms with E-state index >= 15 is 0 Å². The number of fused-ring (bicyclic) bond motifs is 2. The lowest BCUT2D eigenvalue weighted by molar-refractivity contribution is -0.286. The highest BCUT2D eigenvalue weighted by Gasteiger charge is 2.42. The first-order valence-electron chi connectivity index (χ1n) is 12.8. The number of Topliss-reactive ketones (excluding diaryl/α,β-unsaturated/α-hetero) is 4. The number of carbonyl (C=O) groups is 5. The van der Waals surface area contributed by atoms with Crippen molar-refractivity contribution in [2.75, 3.05) is 13.7 Å². The Morgan fingerprint density at radius 3 is 1.93 bits per heavy atom. The van der Waals surface area contributed by atoms with Crippen molar-refractivity contribution < 1.29 is 68.1 Å². The van der Waals surface area contributed by atoms with Gasteiger partial charge in [0.05, 0.1) is 24.8 Å². The van der Waals surface area contributed by atoms with Gasteiger partial charge in [0, 0.05) is 5.56 Å². The van der Waals surface area contributed by atoms with Crippen LogP contribution in [0.25, 0.3) is 22.6 Å². The molecule has 1 fully saturated rings. The molecule has 16 heteroatoms. The van der Waals surface area contributed by atoms with E-state index in [0.717, 1.165) is 33.1 Å². The number of hydrogen-bond donors (Lipinski definition) is 5. The molecule has 1 saturated heterocycles. The van der Waals surface area contributed by atoms with Gasteiger partial charge in [0.1, 0.15) is 35.7 Å². The van der Waals surface area contributed by atoms with Crippen LogP contribution in [-0.2, 0) is 9.47 Å². The number of ketones is 4. The third kappa shape index (κ3) is 6.54. The zero-order valence-electron chi connectivity index (χ0n) is 24.0. The van der Waals surface area contributed by atoms with Gasteiger partial charge < -0.3 is 44.2 Å². The minimum atomic E-state index is -1.57. The van der Waals surface area contributed by atoms with E-state index in [1.165, 1.54) is 13.8 Å². The van der Waals surface area contributed by atoms with E-state index < -0.39 is 77.6 Å². The second-order valence-electron chi connectivity index (χ2n) is 9.67. The van der Waals surface area contributed by atoms with Crippen LogP contribution in [0.3, 0.4) is 0 Å². The Morgan fingerprint density at radius 2 is 1.43 bits per heavy atom. The number of methoxy groups -OCH3 is 1. The van der Waals surface area contributed by atoms with Crippen LogP contribution in [0.4, 0.5) is 4.79 Å². The van der Waals surface area contributed by atoms with Gasteiger partial charge in [-0.3, -0.25) is 24.0 Å². The first kappa shape index (κ1) is 34.0. The Bertz CT molecular complexity index is 1670. The van der Waals surface area contributed by atoms with Crippen LogP contribution in [0.15, 0.2) is 21.3 Å². The largest absolute Gasteiger partial charge is 0.513 e. The molecule has 2 heterocycles. The molecular formula is C28H29NO15. The predicted molar refractivity (Wildman–Crippen MR) is 146 cm³/mol. The molecule has 1 aromatic rings. The summed E-state index contributed by atoms with van der Waals surface area (Å²) in [5.41, 5.74) is -2.34. The normalized spacial score (nSPS) is 21.3. The van der Waals surface area contributed by atoms with Crippen LogP contribution in [0.2, 0.25) is 0 Å². The Labute approximate surface area is 247 Å². The highest BCUT2D eigenvalue weighted by molar-refractivity contribution is 6.15. The molecule has 236 valence electrons. The summed E-state index contributed by atoms with van der Waals surface area (Å²) in [6.45, 7) is 4.13. The molecule has 5 atom stereocenters. The van der Waals surface area contributed by atoms with Crippen molar-refractivity contribution in [1.29, 1.82) is 0 Å². The van der Waals surface area contributed by atoms with Crippen molar-refractivity contribution in [1.82, 2.24) is 4.98 Å². The summed E-state index contributed by atoms with van der Waals surface area (Å²) in [5.74, 6) is -2.91. The van der Waals surface area contributed by atoms with E-state index in [4.69, 9.17) is 34.7 Å². The molecule has 1 aliphatic carbocycles. The summed E-state index contributed by atoms with van der Waals surface area (Å²) >= 11 is 0. The Hall–Kier alpha value is -4.45. The van der Waals surface area contributed by atoms with E-state index in [1.54, 1.807) is 0 Å². The van der Waals surface area contributed by atoms with Gasteiger partial charge in [0.25, 0.3) is 0 Å². The van der Waals surface area contributed by atoms with E-state index in [9.17, 15) is 28.8 Å². The van der Waals surface area contributed by atoms with E-state index in [-0.39, 0.29) is 45.0 Å². The number of aromatic nitrogens is 1. The lowest BCUT2D eigenvalue weighted by Crippen LogP contribution is -2.58. The average molecular weight is 620 g/mol. The van der Waals surface area contributed by atoms with Crippen molar-refractivity contribution in [3.05, 3.63) is 44.6 Å². The van der Waals surface area contributed by atoms with Gasteiger partial charge in [-0.15, -0.1) is 0 Å².